The Morgan fingerprint density at radius 3 is 2.22 bits per heavy atom. The Morgan fingerprint density at radius 1 is 0.963 bits per heavy atom. The Labute approximate surface area is 147 Å². The summed E-state index contributed by atoms with van der Waals surface area (Å²) in [4.78, 5) is 16.1. The van der Waals surface area contributed by atoms with Crippen molar-refractivity contribution in [2.75, 3.05) is 6.61 Å². The van der Waals surface area contributed by atoms with Crippen molar-refractivity contribution in [1.29, 1.82) is 0 Å². The second-order valence-corrected chi connectivity index (χ2v) is 5.50. The molecule has 0 saturated heterocycles. The minimum atomic E-state index is -4.90. The van der Waals surface area contributed by atoms with Gasteiger partial charge in [-0.05, 0) is 29.8 Å². The van der Waals surface area contributed by atoms with Crippen molar-refractivity contribution in [3.63, 3.8) is 0 Å². The predicted octanol–water partition coefficient (Wildman–Crippen LogP) is 4.32. The summed E-state index contributed by atoms with van der Waals surface area (Å²) in [6, 6.07) is 8.43. The van der Waals surface area contributed by atoms with Gasteiger partial charge in [-0.1, -0.05) is 18.2 Å². The zero-order valence-electron chi connectivity index (χ0n) is 13.3. The first-order valence-corrected chi connectivity index (χ1v) is 7.45. The molecule has 3 rings (SSSR count). The molecule has 0 aliphatic heterocycles. The minimum Gasteiger partial charge on any atom is -0.484 e. The van der Waals surface area contributed by atoms with Crippen molar-refractivity contribution in [3.8, 4) is 16.9 Å². The van der Waals surface area contributed by atoms with Crippen LogP contribution in [0.2, 0.25) is 0 Å². The number of hydrogen-bond acceptors (Lipinski definition) is 3. The smallest absolute Gasteiger partial charge is 0.434 e. The number of benzene rings is 1. The van der Waals surface area contributed by atoms with Gasteiger partial charge >= 0.3 is 12.4 Å². The first-order valence-electron chi connectivity index (χ1n) is 7.45. The molecular formula is C17H10F6N2O2. The molecular weight excluding hydrogens is 378 g/mol. The summed E-state index contributed by atoms with van der Waals surface area (Å²) >= 11 is 0. The largest absolute Gasteiger partial charge is 0.484 e. The molecule has 0 aliphatic rings. The number of halogens is 6. The summed E-state index contributed by atoms with van der Waals surface area (Å²) in [6.07, 6.45) is -8.18. The highest BCUT2D eigenvalue weighted by atomic mass is 19.4. The maximum absolute atomic E-state index is 13.4. The lowest BCUT2D eigenvalue weighted by Gasteiger charge is -2.14. The molecule has 10 heteroatoms. The Morgan fingerprint density at radius 2 is 1.63 bits per heavy atom. The third kappa shape index (κ3) is 4.04. The molecule has 2 aromatic heterocycles. The number of hydrogen-bond donors (Lipinski definition) is 0. The second kappa shape index (κ2) is 6.60. The molecule has 1 aromatic carbocycles. The fraction of sp³-hybridized carbons (Fsp3) is 0.176. The number of aromatic nitrogens is 2. The van der Waals surface area contributed by atoms with Crippen LogP contribution in [0, 0.1) is 0 Å². The number of fused-ring (bicyclic) bond motifs is 1. The van der Waals surface area contributed by atoms with Crippen LogP contribution in [0.15, 0.2) is 53.5 Å². The molecule has 0 fully saturated rings. The molecule has 0 radical (unpaired) electrons. The third-order valence-corrected chi connectivity index (χ3v) is 3.55. The van der Waals surface area contributed by atoms with E-state index >= 15 is 0 Å². The molecule has 27 heavy (non-hydrogen) atoms. The van der Waals surface area contributed by atoms with Crippen molar-refractivity contribution >= 4 is 5.65 Å². The van der Waals surface area contributed by atoms with Crippen molar-refractivity contribution < 1.29 is 31.1 Å². The van der Waals surface area contributed by atoms with Gasteiger partial charge in [-0.3, -0.25) is 9.20 Å². The number of rotatable bonds is 3. The van der Waals surface area contributed by atoms with Gasteiger partial charge in [0.2, 0.25) is 0 Å². The summed E-state index contributed by atoms with van der Waals surface area (Å²) in [5.41, 5.74) is -3.34. The average Bonchev–Trinajstić information content (AvgIpc) is 2.59. The van der Waals surface area contributed by atoms with E-state index in [1.165, 1.54) is 24.4 Å². The molecule has 0 N–H and O–H groups in total. The summed E-state index contributed by atoms with van der Waals surface area (Å²) < 4.78 is 82.2. The van der Waals surface area contributed by atoms with Crippen molar-refractivity contribution in [2.24, 2.45) is 0 Å². The van der Waals surface area contributed by atoms with Crippen LogP contribution in [-0.2, 0) is 6.18 Å². The van der Waals surface area contributed by atoms with E-state index in [9.17, 15) is 31.1 Å². The maximum atomic E-state index is 13.4. The van der Waals surface area contributed by atoms with E-state index in [1.54, 1.807) is 0 Å². The summed E-state index contributed by atoms with van der Waals surface area (Å²) in [5.74, 6) is -0.196. The Hall–Kier alpha value is -3.04. The van der Waals surface area contributed by atoms with E-state index in [1.807, 2.05) is 0 Å². The second-order valence-electron chi connectivity index (χ2n) is 5.50. The molecule has 0 unspecified atom stereocenters. The van der Waals surface area contributed by atoms with E-state index in [-0.39, 0.29) is 17.0 Å². The fourth-order valence-corrected chi connectivity index (χ4v) is 2.44. The Balaban J connectivity index is 2.10. The van der Waals surface area contributed by atoms with Crippen LogP contribution in [0.25, 0.3) is 16.8 Å². The zero-order valence-corrected chi connectivity index (χ0v) is 13.3. The normalized spacial score (nSPS) is 12.4. The lowest BCUT2D eigenvalue weighted by atomic mass is 10.0. The molecule has 0 bridgehead atoms. The van der Waals surface area contributed by atoms with Gasteiger partial charge in [-0.25, -0.2) is 4.98 Å². The maximum Gasteiger partial charge on any atom is 0.434 e. The van der Waals surface area contributed by atoms with E-state index in [0.29, 0.717) is 0 Å². The standard InChI is InChI=1S/C17H10F6N2O2/c18-16(19,20)9-27-11-6-4-10(5-7-11)13-14(17(21,22)23)24-12-3-1-2-8-25(12)15(13)26/h1-8H,9H2. The van der Waals surface area contributed by atoms with Crippen molar-refractivity contribution in [3.05, 3.63) is 64.7 Å². The van der Waals surface area contributed by atoms with Gasteiger partial charge < -0.3 is 4.74 Å². The highest BCUT2D eigenvalue weighted by molar-refractivity contribution is 5.68. The monoisotopic (exact) mass is 388 g/mol. The van der Waals surface area contributed by atoms with Crippen LogP contribution >= 0.6 is 0 Å². The fourth-order valence-electron chi connectivity index (χ4n) is 2.44. The molecule has 2 heterocycles. The molecule has 0 atom stereocenters. The predicted molar refractivity (Wildman–Crippen MR) is 83.5 cm³/mol. The lowest BCUT2D eigenvalue weighted by Crippen LogP contribution is -2.24. The quantitative estimate of drug-likeness (QED) is 0.628. The van der Waals surface area contributed by atoms with Crippen LogP contribution in [0.4, 0.5) is 26.3 Å². The number of pyridine rings is 1. The van der Waals surface area contributed by atoms with E-state index in [0.717, 1.165) is 28.7 Å². The first-order chi connectivity index (χ1) is 12.6. The first kappa shape index (κ1) is 18.7. The van der Waals surface area contributed by atoms with Gasteiger partial charge in [-0.15, -0.1) is 0 Å². The molecule has 3 aromatic rings. The van der Waals surface area contributed by atoms with Crippen LogP contribution in [0.3, 0.4) is 0 Å². The summed E-state index contributed by atoms with van der Waals surface area (Å²) in [7, 11) is 0. The van der Waals surface area contributed by atoms with E-state index in [4.69, 9.17) is 0 Å². The Kier molecular flexibility index (Phi) is 4.58. The van der Waals surface area contributed by atoms with Crippen LogP contribution in [-0.4, -0.2) is 22.2 Å². The summed E-state index contributed by atoms with van der Waals surface area (Å²) in [6.45, 7) is -1.54. The molecule has 0 saturated carbocycles. The Bertz CT molecular complexity index is 1020. The lowest BCUT2D eigenvalue weighted by molar-refractivity contribution is -0.153. The van der Waals surface area contributed by atoms with Crippen molar-refractivity contribution in [2.45, 2.75) is 12.4 Å². The highest BCUT2D eigenvalue weighted by Crippen LogP contribution is 2.34. The van der Waals surface area contributed by atoms with Gasteiger partial charge in [0.05, 0.1) is 5.56 Å². The van der Waals surface area contributed by atoms with Gasteiger partial charge in [0.25, 0.3) is 5.56 Å². The van der Waals surface area contributed by atoms with Gasteiger partial charge in [-0.2, -0.15) is 26.3 Å². The number of ether oxygens (including phenoxy) is 1. The van der Waals surface area contributed by atoms with E-state index < -0.39 is 35.8 Å². The van der Waals surface area contributed by atoms with Crippen LogP contribution in [0.1, 0.15) is 5.69 Å². The number of nitrogens with zero attached hydrogens (tertiary/aromatic N) is 2. The zero-order chi connectivity index (χ0) is 19.8. The minimum absolute atomic E-state index is 0.141. The molecule has 4 nitrogen and oxygen atoms in total. The number of alkyl halides is 6. The van der Waals surface area contributed by atoms with Crippen LogP contribution < -0.4 is 10.3 Å². The topological polar surface area (TPSA) is 43.6 Å². The molecule has 0 amide bonds. The third-order valence-electron chi connectivity index (χ3n) is 3.55. The molecule has 0 aliphatic carbocycles. The van der Waals surface area contributed by atoms with Gasteiger partial charge in [0.15, 0.2) is 12.3 Å². The molecule has 142 valence electrons. The van der Waals surface area contributed by atoms with E-state index in [2.05, 4.69) is 9.72 Å². The van der Waals surface area contributed by atoms with Gasteiger partial charge in [0.1, 0.15) is 11.4 Å². The summed E-state index contributed by atoms with van der Waals surface area (Å²) in [5, 5.41) is 0. The van der Waals surface area contributed by atoms with Gasteiger partial charge in [0, 0.05) is 6.20 Å². The van der Waals surface area contributed by atoms with Crippen molar-refractivity contribution in [1.82, 2.24) is 9.38 Å². The van der Waals surface area contributed by atoms with Crippen LogP contribution in [0.5, 0.6) is 5.75 Å². The molecule has 0 spiro atoms. The SMILES string of the molecule is O=c1c(-c2ccc(OCC(F)(F)F)cc2)c(C(F)(F)F)nc2ccccn12. The average molecular weight is 388 g/mol. The highest BCUT2D eigenvalue weighted by Gasteiger charge is 2.38.